The van der Waals surface area contributed by atoms with Gasteiger partial charge in [-0.25, -0.2) is 0 Å². The zero-order chi connectivity index (χ0) is 8.10. The van der Waals surface area contributed by atoms with Gasteiger partial charge < -0.3 is 10.8 Å². The number of benzene rings is 1. The van der Waals surface area contributed by atoms with Gasteiger partial charge in [-0.15, -0.1) is 0 Å². The van der Waals surface area contributed by atoms with Crippen molar-refractivity contribution in [3.63, 3.8) is 0 Å². The number of rotatable bonds is 2. The largest absolute Gasteiger partial charge is 0.400 e. The molecule has 0 saturated carbocycles. The highest BCUT2D eigenvalue weighted by molar-refractivity contribution is 5.51. The molecule has 0 spiro atoms. The van der Waals surface area contributed by atoms with Crippen LogP contribution in [0.25, 0.3) is 6.08 Å². The Labute approximate surface area is 66.0 Å². The minimum absolute atomic E-state index is 0.0884. The summed E-state index contributed by atoms with van der Waals surface area (Å²) in [5, 5.41) is 8.60. The Morgan fingerprint density at radius 2 is 2.00 bits per heavy atom. The molecule has 0 atom stereocenters. The van der Waals surface area contributed by atoms with Crippen molar-refractivity contribution in [1.82, 2.24) is 0 Å². The normalized spacial score (nSPS) is 11.5. The molecule has 0 fully saturated rings. The van der Waals surface area contributed by atoms with Crippen molar-refractivity contribution in [2.75, 3.05) is 6.61 Å². The van der Waals surface area contributed by atoms with Gasteiger partial charge >= 0.3 is 0 Å². The van der Waals surface area contributed by atoms with Gasteiger partial charge in [-0.1, -0.05) is 30.3 Å². The highest BCUT2D eigenvalue weighted by Gasteiger charge is 1.87. The molecule has 0 unspecified atom stereocenters. The molecule has 0 aliphatic rings. The lowest BCUT2D eigenvalue weighted by molar-refractivity contribution is 0.331. The van der Waals surface area contributed by atoms with Crippen LogP contribution in [0, 0.1) is 0 Å². The molecule has 2 heteroatoms. The molecule has 0 aliphatic carbocycles. The van der Waals surface area contributed by atoms with Gasteiger partial charge in [-0.2, -0.15) is 0 Å². The third-order valence-electron chi connectivity index (χ3n) is 1.33. The SMILES string of the molecule is NC(=Cc1ccccc1)CO. The van der Waals surface area contributed by atoms with Crippen LogP contribution in [-0.2, 0) is 0 Å². The summed E-state index contributed by atoms with van der Waals surface area (Å²) in [7, 11) is 0. The van der Waals surface area contributed by atoms with E-state index in [1.54, 1.807) is 6.08 Å². The van der Waals surface area contributed by atoms with Gasteiger partial charge in [-0.3, -0.25) is 0 Å². The Morgan fingerprint density at radius 3 is 2.55 bits per heavy atom. The molecule has 58 valence electrons. The third kappa shape index (κ3) is 2.43. The van der Waals surface area contributed by atoms with Crippen molar-refractivity contribution >= 4 is 6.08 Å². The molecule has 0 saturated heterocycles. The average Bonchev–Trinajstić information content (AvgIpc) is 2.06. The van der Waals surface area contributed by atoms with Gasteiger partial charge in [0, 0.05) is 5.70 Å². The second kappa shape index (κ2) is 3.78. The Hall–Kier alpha value is -1.28. The molecule has 2 nitrogen and oxygen atoms in total. The Balaban J connectivity index is 2.79. The van der Waals surface area contributed by atoms with E-state index in [4.69, 9.17) is 10.8 Å². The van der Waals surface area contributed by atoms with Crippen LogP contribution in [0.15, 0.2) is 36.0 Å². The fraction of sp³-hybridized carbons (Fsp3) is 0.111. The van der Waals surface area contributed by atoms with Crippen LogP contribution in [0.5, 0.6) is 0 Å². The van der Waals surface area contributed by atoms with Gasteiger partial charge in [0.05, 0.1) is 6.61 Å². The van der Waals surface area contributed by atoms with E-state index in [2.05, 4.69) is 0 Å². The molecular weight excluding hydrogens is 138 g/mol. The van der Waals surface area contributed by atoms with Gasteiger partial charge in [-0.05, 0) is 11.6 Å². The minimum atomic E-state index is -0.0884. The highest BCUT2D eigenvalue weighted by Crippen LogP contribution is 2.02. The second-order valence-electron chi connectivity index (χ2n) is 2.29. The molecule has 0 bridgehead atoms. The van der Waals surface area contributed by atoms with Crippen LogP contribution >= 0.6 is 0 Å². The fourth-order valence-electron chi connectivity index (χ4n) is 0.809. The smallest absolute Gasteiger partial charge is 0.0825 e. The third-order valence-corrected chi connectivity index (χ3v) is 1.33. The molecular formula is C9H11NO. The first kappa shape index (κ1) is 7.82. The molecule has 1 rings (SSSR count). The predicted molar refractivity (Wildman–Crippen MR) is 45.7 cm³/mol. The summed E-state index contributed by atoms with van der Waals surface area (Å²) < 4.78 is 0. The first-order chi connectivity index (χ1) is 5.33. The van der Waals surface area contributed by atoms with Crippen LogP contribution in [0.4, 0.5) is 0 Å². The summed E-state index contributed by atoms with van der Waals surface area (Å²) in [6, 6.07) is 9.66. The maximum atomic E-state index is 8.60. The molecule has 0 aromatic heterocycles. The van der Waals surface area contributed by atoms with Gasteiger partial charge in [0.1, 0.15) is 0 Å². The van der Waals surface area contributed by atoms with E-state index in [0.29, 0.717) is 5.70 Å². The van der Waals surface area contributed by atoms with Crippen molar-refractivity contribution in [3.05, 3.63) is 41.6 Å². The molecule has 0 aliphatic heterocycles. The summed E-state index contributed by atoms with van der Waals surface area (Å²) in [5.41, 5.74) is 6.91. The van der Waals surface area contributed by atoms with E-state index in [1.165, 1.54) is 0 Å². The molecule has 0 heterocycles. The topological polar surface area (TPSA) is 46.2 Å². The van der Waals surface area contributed by atoms with E-state index < -0.39 is 0 Å². The van der Waals surface area contributed by atoms with Crippen molar-refractivity contribution in [3.8, 4) is 0 Å². The van der Waals surface area contributed by atoms with E-state index in [1.807, 2.05) is 30.3 Å². The van der Waals surface area contributed by atoms with Crippen LogP contribution in [0.2, 0.25) is 0 Å². The number of hydrogen-bond donors (Lipinski definition) is 2. The first-order valence-electron chi connectivity index (χ1n) is 3.45. The van der Waals surface area contributed by atoms with Crippen molar-refractivity contribution < 1.29 is 5.11 Å². The van der Waals surface area contributed by atoms with Crippen LogP contribution in [0.3, 0.4) is 0 Å². The van der Waals surface area contributed by atoms with Crippen LogP contribution in [0.1, 0.15) is 5.56 Å². The lowest BCUT2D eigenvalue weighted by Gasteiger charge is -1.94. The van der Waals surface area contributed by atoms with E-state index in [-0.39, 0.29) is 6.61 Å². The van der Waals surface area contributed by atoms with Gasteiger partial charge in [0.15, 0.2) is 0 Å². The Morgan fingerprint density at radius 1 is 1.36 bits per heavy atom. The van der Waals surface area contributed by atoms with E-state index in [9.17, 15) is 0 Å². The number of nitrogens with two attached hydrogens (primary N) is 1. The van der Waals surface area contributed by atoms with Gasteiger partial charge in [0.2, 0.25) is 0 Å². The number of aliphatic hydroxyl groups excluding tert-OH is 1. The zero-order valence-corrected chi connectivity index (χ0v) is 6.20. The van der Waals surface area contributed by atoms with Gasteiger partial charge in [0.25, 0.3) is 0 Å². The number of aliphatic hydroxyl groups is 1. The van der Waals surface area contributed by atoms with Crippen LogP contribution in [-0.4, -0.2) is 11.7 Å². The summed E-state index contributed by atoms with van der Waals surface area (Å²) >= 11 is 0. The monoisotopic (exact) mass is 149 g/mol. The summed E-state index contributed by atoms with van der Waals surface area (Å²) in [6.45, 7) is -0.0884. The second-order valence-corrected chi connectivity index (χ2v) is 2.29. The predicted octanol–water partition coefficient (Wildman–Crippen LogP) is 0.978. The maximum absolute atomic E-state index is 8.60. The number of hydrogen-bond acceptors (Lipinski definition) is 2. The molecule has 0 radical (unpaired) electrons. The molecule has 11 heavy (non-hydrogen) atoms. The Bertz CT molecular complexity index is 241. The lowest BCUT2D eigenvalue weighted by Crippen LogP contribution is -2.00. The fourth-order valence-corrected chi connectivity index (χ4v) is 0.809. The van der Waals surface area contributed by atoms with Crippen molar-refractivity contribution in [1.29, 1.82) is 0 Å². The summed E-state index contributed by atoms with van der Waals surface area (Å²) in [6.07, 6.45) is 1.75. The van der Waals surface area contributed by atoms with Crippen LogP contribution < -0.4 is 5.73 Å². The van der Waals surface area contributed by atoms with E-state index in [0.717, 1.165) is 5.56 Å². The highest BCUT2D eigenvalue weighted by atomic mass is 16.3. The summed E-state index contributed by atoms with van der Waals surface area (Å²) in [5.74, 6) is 0. The van der Waals surface area contributed by atoms with E-state index >= 15 is 0 Å². The minimum Gasteiger partial charge on any atom is -0.400 e. The molecule has 0 amide bonds. The Kier molecular flexibility index (Phi) is 2.69. The first-order valence-corrected chi connectivity index (χ1v) is 3.45. The molecule has 1 aromatic rings. The average molecular weight is 149 g/mol. The zero-order valence-electron chi connectivity index (χ0n) is 6.20. The van der Waals surface area contributed by atoms with Crippen molar-refractivity contribution in [2.45, 2.75) is 0 Å². The summed E-state index contributed by atoms with van der Waals surface area (Å²) in [4.78, 5) is 0. The maximum Gasteiger partial charge on any atom is 0.0825 e. The lowest BCUT2D eigenvalue weighted by atomic mass is 10.2. The standard InChI is InChI=1S/C9H11NO/c10-9(7-11)6-8-4-2-1-3-5-8/h1-6,11H,7,10H2. The molecule has 1 aromatic carbocycles. The van der Waals surface area contributed by atoms with Crippen molar-refractivity contribution in [2.24, 2.45) is 5.73 Å². The molecule has 3 N–H and O–H groups in total. The quantitative estimate of drug-likeness (QED) is 0.658.